The molecule has 6 heteroatoms. The number of nitrogens with zero attached hydrogens (tertiary/aromatic N) is 5. The van der Waals surface area contributed by atoms with Gasteiger partial charge in [-0.25, -0.2) is 4.98 Å². The van der Waals surface area contributed by atoms with Crippen LogP contribution in [0.25, 0.3) is 120 Å². The van der Waals surface area contributed by atoms with Crippen LogP contribution in [0.15, 0.2) is 212 Å². The molecular weight excluding hydrogens is 787 g/mol. The van der Waals surface area contributed by atoms with Crippen molar-refractivity contribution in [2.45, 2.75) is 0 Å². The molecular formula is C57H35N5S. The third-order valence-corrected chi connectivity index (χ3v) is 13.5. The number of fused-ring (bicyclic) bond motifs is 9. The average molecular weight is 822 g/mol. The first-order valence-electron chi connectivity index (χ1n) is 21.2. The fourth-order valence-corrected chi connectivity index (χ4v) is 10.6. The third kappa shape index (κ3) is 5.73. The minimum absolute atomic E-state index is 0.569. The summed E-state index contributed by atoms with van der Waals surface area (Å²) in [5.74, 6) is 1.82. The van der Waals surface area contributed by atoms with Crippen LogP contribution in [0.3, 0.4) is 0 Å². The monoisotopic (exact) mass is 821 g/mol. The Labute approximate surface area is 366 Å². The van der Waals surface area contributed by atoms with Crippen molar-refractivity contribution in [2.24, 2.45) is 0 Å². The number of hydrogen-bond acceptors (Lipinski definition) is 4. The van der Waals surface area contributed by atoms with Gasteiger partial charge in [0.1, 0.15) is 0 Å². The topological polar surface area (TPSA) is 48.5 Å². The second-order valence-corrected chi connectivity index (χ2v) is 17.1. The lowest BCUT2D eigenvalue weighted by molar-refractivity contribution is 0.954. The summed E-state index contributed by atoms with van der Waals surface area (Å²) in [5.41, 5.74) is 12.0. The Hall–Kier alpha value is -8.19. The highest BCUT2D eigenvalue weighted by Gasteiger charge is 2.23. The summed E-state index contributed by atoms with van der Waals surface area (Å²) < 4.78 is 7.18. The maximum Gasteiger partial charge on any atom is 0.238 e. The van der Waals surface area contributed by atoms with Crippen LogP contribution in [0.1, 0.15) is 0 Å². The van der Waals surface area contributed by atoms with Gasteiger partial charge in [0.2, 0.25) is 5.95 Å². The van der Waals surface area contributed by atoms with E-state index in [-0.39, 0.29) is 0 Å². The molecule has 0 radical (unpaired) electrons. The van der Waals surface area contributed by atoms with E-state index in [0.29, 0.717) is 17.6 Å². The van der Waals surface area contributed by atoms with Crippen molar-refractivity contribution in [3.63, 3.8) is 0 Å². The predicted molar refractivity (Wildman–Crippen MR) is 263 cm³/mol. The molecule has 0 unspecified atom stereocenters. The Morgan fingerprint density at radius 1 is 0.302 bits per heavy atom. The first-order valence-corrected chi connectivity index (χ1v) is 22.0. The Bertz CT molecular complexity index is 3900. The quantitative estimate of drug-likeness (QED) is 0.168. The van der Waals surface area contributed by atoms with Crippen molar-refractivity contribution in [3.8, 4) is 56.7 Å². The van der Waals surface area contributed by atoms with Gasteiger partial charge in [-0.3, -0.25) is 4.57 Å². The Morgan fingerprint density at radius 3 is 1.56 bits per heavy atom. The second-order valence-electron chi connectivity index (χ2n) is 16.0. The molecule has 13 aromatic rings. The van der Waals surface area contributed by atoms with E-state index in [0.717, 1.165) is 60.8 Å². The molecule has 4 aromatic heterocycles. The summed E-state index contributed by atoms with van der Waals surface area (Å²) in [6.07, 6.45) is 0. The number of thiophene rings is 1. The molecule has 4 heterocycles. The molecule has 0 aliphatic heterocycles. The first-order chi connectivity index (χ1) is 31.2. The zero-order chi connectivity index (χ0) is 41.4. The summed E-state index contributed by atoms with van der Waals surface area (Å²) in [6.45, 7) is 0. The number of rotatable bonds is 6. The molecule has 0 saturated heterocycles. The van der Waals surface area contributed by atoms with Gasteiger partial charge in [-0.15, -0.1) is 11.3 Å². The molecule has 9 aromatic carbocycles. The third-order valence-electron chi connectivity index (χ3n) is 12.4. The van der Waals surface area contributed by atoms with E-state index in [2.05, 4.69) is 203 Å². The number of aromatic nitrogens is 5. The summed E-state index contributed by atoms with van der Waals surface area (Å²) in [5, 5.41) is 7.10. The van der Waals surface area contributed by atoms with Crippen LogP contribution in [0, 0.1) is 0 Å². The molecule has 63 heavy (non-hydrogen) atoms. The highest BCUT2D eigenvalue weighted by atomic mass is 32.1. The summed E-state index contributed by atoms with van der Waals surface area (Å²) in [4.78, 5) is 15.9. The fourth-order valence-electron chi connectivity index (χ4n) is 9.47. The number of benzene rings is 9. The van der Waals surface area contributed by atoms with Crippen molar-refractivity contribution in [2.75, 3.05) is 0 Å². The standard InChI is InChI=1S/C57H35N5S/c1-4-16-36(17-5-1)39-28-30-50(44(32-39)37-18-6-2-7-19-37)61-48-25-13-10-22-41(48)45-34-46-42-23-11-14-26-49(42)62(52(46)35-51(45)61)57-59-55(38-20-8-3-9-21-38)58-56(60-57)40-29-31-54-47(33-40)43-24-12-15-27-53(43)63-54/h1-35H. The molecule has 0 fully saturated rings. The summed E-state index contributed by atoms with van der Waals surface area (Å²) >= 11 is 1.81. The van der Waals surface area contributed by atoms with Crippen molar-refractivity contribution in [3.05, 3.63) is 212 Å². The normalized spacial score (nSPS) is 11.8. The minimum Gasteiger partial charge on any atom is -0.309 e. The smallest absolute Gasteiger partial charge is 0.238 e. The van der Waals surface area contributed by atoms with Crippen molar-refractivity contribution < 1.29 is 0 Å². The maximum atomic E-state index is 5.38. The Kier molecular flexibility index (Phi) is 8.01. The van der Waals surface area contributed by atoms with Crippen LogP contribution >= 0.6 is 11.3 Å². The van der Waals surface area contributed by atoms with Gasteiger partial charge in [-0.1, -0.05) is 152 Å². The number of para-hydroxylation sites is 2. The zero-order valence-electron chi connectivity index (χ0n) is 33.9. The highest BCUT2D eigenvalue weighted by Crippen LogP contribution is 2.42. The van der Waals surface area contributed by atoms with Gasteiger partial charge in [0, 0.05) is 58.4 Å². The van der Waals surface area contributed by atoms with Crippen LogP contribution in [0.4, 0.5) is 0 Å². The zero-order valence-corrected chi connectivity index (χ0v) is 34.7. The molecule has 0 aliphatic rings. The Morgan fingerprint density at radius 2 is 0.841 bits per heavy atom. The van der Waals surface area contributed by atoms with E-state index in [4.69, 9.17) is 15.0 Å². The lowest BCUT2D eigenvalue weighted by Crippen LogP contribution is -2.06. The van der Waals surface area contributed by atoms with Crippen LogP contribution in [-0.2, 0) is 0 Å². The van der Waals surface area contributed by atoms with E-state index in [1.165, 1.54) is 42.1 Å². The first kappa shape index (κ1) is 35.6. The molecule has 0 N–H and O–H groups in total. The van der Waals surface area contributed by atoms with E-state index in [9.17, 15) is 0 Å². The van der Waals surface area contributed by atoms with Gasteiger partial charge in [0.25, 0.3) is 0 Å². The van der Waals surface area contributed by atoms with Gasteiger partial charge in [-0.05, 0) is 77.4 Å². The molecule has 0 aliphatic carbocycles. The van der Waals surface area contributed by atoms with Crippen LogP contribution in [0.2, 0.25) is 0 Å². The lowest BCUT2D eigenvalue weighted by atomic mass is 9.97. The van der Waals surface area contributed by atoms with Crippen LogP contribution < -0.4 is 0 Å². The van der Waals surface area contributed by atoms with Gasteiger partial charge >= 0.3 is 0 Å². The molecule has 5 nitrogen and oxygen atoms in total. The Balaban J connectivity index is 1.10. The highest BCUT2D eigenvalue weighted by molar-refractivity contribution is 7.25. The summed E-state index contributed by atoms with van der Waals surface area (Å²) in [7, 11) is 0. The predicted octanol–water partition coefficient (Wildman–Crippen LogP) is 15.1. The minimum atomic E-state index is 0.569. The molecule has 0 atom stereocenters. The summed E-state index contributed by atoms with van der Waals surface area (Å²) in [6, 6.07) is 75.8. The van der Waals surface area contributed by atoms with Gasteiger partial charge < -0.3 is 4.57 Å². The SMILES string of the molecule is c1ccc(-c2ccc(-n3c4ccccc4c4cc5c6ccccc6n(-c6nc(-c7ccccc7)nc(-c7ccc8sc9ccccc9c8c7)n6)c5cc43)c(-c3ccccc3)c2)cc1. The second kappa shape index (κ2) is 14.2. The lowest BCUT2D eigenvalue weighted by Gasteiger charge is -2.16. The molecule has 0 saturated carbocycles. The molecule has 0 bridgehead atoms. The van der Waals surface area contributed by atoms with E-state index in [1.54, 1.807) is 0 Å². The van der Waals surface area contributed by atoms with Crippen molar-refractivity contribution in [1.82, 2.24) is 24.1 Å². The van der Waals surface area contributed by atoms with Gasteiger partial charge in [0.15, 0.2) is 11.6 Å². The average Bonchev–Trinajstić information content (AvgIpc) is 4.01. The van der Waals surface area contributed by atoms with Gasteiger partial charge in [0.05, 0.1) is 27.8 Å². The van der Waals surface area contributed by atoms with Crippen LogP contribution in [0.5, 0.6) is 0 Å². The van der Waals surface area contributed by atoms with Crippen molar-refractivity contribution in [1.29, 1.82) is 0 Å². The van der Waals surface area contributed by atoms with E-state index in [1.807, 2.05) is 29.5 Å². The number of hydrogen-bond donors (Lipinski definition) is 0. The van der Waals surface area contributed by atoms with E-state index < -0.39 is 0 Å². The molecule has 294 valence electrons. The fraction of sp³-hybridized carbons (Fsp3) is 0. The van der Waals surface area contributed by atoms with Gasteiger partial charge in [-0.2, -0.15) is 9.97 Å². The van der Waals surface area contributed by atoms with Crippen LogP contribution in [-0.4, -0.2) is 24.1 Å². The largest absolute Gasteiger partial charge is 0.309 e. The molecule has 0 spiro atoms. The maximum absolute atomic E-state index is 5.38. The van der Waals surface area contributed by atoms with E-state index >= 15 is 0 Å². The molecule has 0 amide bonds. The van der Waals surface area contributed by atoms with Crippen molar-refractivity contribution >= 4 is 75.1 Å². The molecule has 13 rings (SSSR count).